The van der Waals surface area contributed by atoms with Gasteiger partial charge in [0.25, 0.3) is 0 Å². The van der Waals surface area contributed by atoms with Gasteiger partial charge in [-0.2, -0.15) is 0 Å². The van der Waals surface area contributed by atoms with E-state index >= 15 is 0 Å². The fourth-order valence-corrected chi connectivity index (χ4v) is 4.82. The van der Waals surface area contributed by atoms with Crippen molar-refractivity contribution < 1.29 is 28.7 Å². The second kappa shape index (κ2) is 20.7. The Labute approximate surface area is 291 Å². The van der Waals surface area contributed by atoms with Gasteiger partial charge in [-0.15, -0.1) is 0 Å². The average molecular weight is 690 g/mol. The number of carbonyl (C=O) groups excluding carboxylic acids is 5. The molecule has 0 bridgehead atoms. The van der Waals surface area contributed by atoms with Crippen LogP contribution in [0.25, 0.3) is 0 Å². The molecule has 0 aliphatic heterocycles. The molecule has 5 amide bonds. The fraction of sp³-hybridized carbons (Fsp3) is 0.647. The Bertz CT molecular complexity index is 1250. The van der Waals surface area contributed by atoms with Gasteiger partial charge in [-0.1, -0.05) is 27.7 Å². The minimum absolute atomic E-state index is 0.0144. The molecular weight excluding hydrogens is 630 g/mol. The number of hydrogen-bond donors (Lipinski definition) is 7. The molecule has 1 aromatic rings. The third-order valence-electron chi connectivity index (χ3n) is 7.25. The van der Waals surface area contributed by atoms with Crippen LogP contribution in [0.4, 0.5) is 16.2 Å². The number of ether oxygens (including phenoxy) is 1. The van der Waals surface area contributed by atoms with E-state index in [2.05, 4.69) is 50.3 Å². The first-order chi connectivity index (χ1) is 22.9. The van der Waals surface area contributed by atoms with Crippen molar-refractivity contribution in [3.63, 3.8) is 0 Å². The van der Waals surface area contributed by atoms with Crippen LogP contribution < -0.4 is 43.0 Å². The van der Waals surface area contributed by atoms with Crippen molar-refractivity contribution in [2.45, 2.75) is 105 Å². The van der Waals surface area contributed by atoms with E-state index in [-0.39, 0.29) is 37.2 Å². The summed E-state index contributed by atoms with van der Waals surface area (Å²) in [6, 6.07) is 4.51. The van der Waals surface area contributed by atoms with E-state index in [9.17, 15) is 24.0 Å². The Morgan fingerprint density at radius 2 is 1.47 bits per heavy atom. The normalized spacial score (nSPS) is 13.0. The lowest BCUT2D eigenvalue weighted by Crippen LogP contribution is -2.57. The van der Waals surface area contributed by atoms with Gasteiger partial charge in [-0.25, -0.2) is 4.79 Å². The van der Waals surface area contributed by atoms with E-state index in [0.717, 1.165) is 18.8 Å². The first-order valence-corrected chi connectivity index (χ1v) is 16.9. The molecule has 15 heteroatoms. The Kier molecular flexibility index (Phi) is 18.0. The number of rotatable bonds is 19. The van der Waals surface area contributed by atoms with Gasteiger partial charge in [0.1, 0.15) is 23.7 Å². The van der Waals surface area contributed by atoms with E-state index in [1.165, 1.54) is 0 Å². The molecule has 1 rings (SSSR count). The highest BCUT2D eigenvalue weighted by atomic mass is 16.6. The maximum Gasteiger partial charge on any atom is 0.408 e. The van der Waals surface area contributed by atoms with Crippen molar-refractivity contribution in [1.82, 2.24) is 21.3 Å². The van der Waals surface area contributed by atoms with Gasteiger partial charge in [0, 0.05) is 31.0 Å². The molecule has 0 spiro atoms. The quantitative estimate of drug-likeness (QED) is 0.0642. The molecule has 49 heavy (non-hydrogen) atoms. The zero-order valence-corrected chi connectivity index (χ0v) is 30.6. The molecule has 0 aliphatic carbocycles. The third-order valence-corrected chi connectivity index (χ3v) is 7.25. The number of nitrogens with one attached hydrogen (secondary N) is 5. The standard InChI is InChI=1S/C34H59N9O6/c1-10-43(11-2)24-16-14-23(15-17-24)39-30(46)25(13-12-18-37-32(35)36)40-27(44)20-38-29(45)26(19-21(3)4)41-31(47)28(22(5)6)42-33(48)49-34(7,8)9/h14-17,21-22,25-26,28H,10-13,18-20H2,1-9H3,(H,38,45)(H,39,46)(H,40,44)(H,41,47)(H,42,48)(H4,35,36,37)/t25-,26-,28-/m0/s1. The van der Waals surface area contributed by atoms with Crippen LogP contribution in [-0.4, -0.2) is 85.6 Å². The first kappa shape index (κ1) is 42.5. The molecule has 0 aliphatic rings. The lowest BCUT2D eigenvalue weighted by Gasteiger charge is -2.27. The lowest BCUT2D eigenvalue weighted by molar-refractivity contribution is -0.132. The van der Waals surface area contributed by atoms with Gasteiger partial charge in [0.2, 0.25) is 23.6 Å². The highest BCUT2D eigenvalue weighted by Crippen LogP contribution is 2.18. The average Bonchev–Trinajstić information content (AvgIpc) is 2.99. The zero-order valence-electron chi connectivity index (χ0n) is 30.6. The summed E-state index contributed by atoms with van der Waals surface area (Å²) in [5.74, 6) is -2.56. The molecule has 0 saturated heterocycles. The van der Waals surface area contributed by atoms with Gasteiger partial charge >= 0.3 is 6.09 Å². The number of alkyl carbamates (subject to hydrolysis) is 1. The predicted molar refractivity (Wildman–Crippen MR) is 193 cm³/mol. The number of hydrogen-bond acceptors (Lipinski definition) is 8. The Morgan fingerprint density at radius 3 is 1.98 bits per heavy atom. The van der Waals surface area contributed by atoms with Crippen LogP contribution in [0.15, 0.2) is 29.3 Å². The Hall–Kier alpha value is -4.56. The van der Waals surface area contributed by atoms with Crippen molar-refractivity contribution in [2.24, 2.45) is 28.3 Å². The maximum atomic E-state index is 13.3. The van der Waals surface area contributed by atoms with Crippen LogP contribution in [-0.2, 0) is 23.9 Å². The van der Waals surface area contributed by atoms with Crippen molar-refractivity contribution in [2.75, 3.05) is 36.4 Å². The Morgan fingerprint density at radius 1 is 0.857 bits per heavy atom. The van der Waals surface area contributed by atoms with Crippen LogP contribution in [0.1, 0.15) is 81.6 Å². The summed E-state index contributed by atoms with van der Waals surface area (Å²) in [4.78, 5) is 71.2. The SMILES string of the molecule is CCN(CC)c1ccc(NC(=O)[C@H](CCCN=C(N)N)NC(=O)CNC(=O)[C@H](CC(C)C)NC(=O)[C@@H](NC(=O)OC(C)(C)C)C(C)C)cc1. The van der Waals surface area contributed by atoms with Crippen LogP contribution in [0.2, 0.25) is 0 Å². The fourth-order valence-electron chi connectivity index (χ4n) is 4.82. The number of aliphatic imine (C=N–C) groups is 1. The number of anilines is 2. The number of guanidine groups is 1. The number of amides is 5. The van der Waals surface area contributed by atoms with E-state index in [0.29, 0.717) is 12.1 Å². The van der Waals surface area contributed by atoms with E-state index in [1.807, 2.05) is 26.0 Å². The summed E-state index contributed by atoms with van der Waals surface area (Å²) in [6.45, 7) is 18.1. The monoisotopic (exact) mass is 689 g/mol. The molecule has 9 N–H and O–H groups in total. The predicted octanol–water partition coefficient (Wildman–Crippen LogP) is 2.21. The van der Waals surface area contributed by atoms with Crippen molar-refractivity contribution in [3.05, 3.63) is 24.3 Å². The number of nitrogens with zero attached hydrogens (tertiary/aromatic N) is 2. The van der Waals surface area contributed by atoms with Gasteiger partial charge < -0.3 is 47.7 Å². The van der Waals surface area contributed by atoms with E-state index < -0.39 is 60.0 Å². The first-order valence-electron chi connectivity index (χ1n) is 16.9. The van der Waals surface area contributed by atoms with Gasteiger partial charge in [0.05, 0.1) is 6.54 Å². The van der Waals surface area contributed by atoms with Crippen molar-refractivity contribution in [3.8, 4) is 0 Å². The molecule has 0 aromatic heterocycles. The molecule has 1 aromatic carbocycles. The minimum atomic E-state index is -0.986. The van der Waals surface area contributed by atoms with E-state index in [4.69, 9.17) is 16.2 Å². The Balaban J connectivity index is 2.97. The smallest absolute Gasteiger partial charge is 0.408 e. The molecule has 0 heterocycles. The van der Waals surface area contributed by atoms with Crippen LogP contribution in [0, 0.1) is 11.8 Å². The molecule has 276 valence electrons. The number of carbonyl (C=O) groups is 5. The largest absolute Gasteiger partial charge is 0.444 e. The number of nitrogens with two attached hydrogens (primary N) is 2. The molecule has 15 nitrogen and oxygen atoms in total. The van der Waals surface area contributed by atoms with Crippen LogP contribution in [0.5, 0.6) is 0 Å². The summed E-state index contributed by atoms with van der Waals surface area (Å²) >= 11 is 0. The molecule has 0 saturated carbocycles. The van der Waals surface area contributed by atoms with Gasteiger partial charge in [-0.3, -0.25) is 24.2 Å². The second-order valence-corrected chi connectivity index (χ2v) is 13.6. The minimum Gasteiger partial charge on any atom is -0.444 e. The maximum absolute atomic E-state index is 13.3. The second-order valence-electron chi connectivity index (χ2n) is 13.6. The summed E-state index contributed by atoms with van der Waals surface area (Å²) < 4.78 is 5.29. The zero-order chi connectivity index (χ0) is 37.3. The van der Waals surface area contributed by atoms with Crippen LogP contribution in [0.3, 0.4) is 0 Å². The van der Waals surface area contributed by atoms with Gasteiger partial charge in [-0.05, 0) is 90.0 Å². The topological polar surface area (TPSA) is 222 Å². The van der Waals surface area contributed by atoms with E-state index in [1.54, 1.807) is 46.8 Å². The summed E-state index contributed by atoms with van der Waals surface area (Å²) in [7, 11) is 0. The van der Waals surface area contributed by atoms with Crippen LogP contribution >= 0.6 is 0 Å². The summed E-state index contributed by atoms with van der Waals surface area (Å²) in [6.07, 6.45) is 0.156. The number of benzene rings is 1. The highest BCUT2D eigenvalue weighted by molar-refractivity contribution is 5.98. The summed E-state index contributed by atoms with van der Waals surface area (Å²) in [5.41, 5.74) is 11.7. The van der Waals surface area contributed by atoms with Gasteiger partial charge in [0.15, 0.2) is 5.96 Å². The molecular formula is C34H59N9O6. The summed E-state index contributed by atoms with van der Waals surface area (Å²) in [5, 5.41) is 13.4. The highest BCUT2D eigenvalue weighted by Gasteiger charge is 2.31. The molecule has 3 atom stereocenters. The lowest BCUT2D eigenvalue weighted by atomic mass is 10.00. The van der Waals surface area contributed by atoms with Crippen molar-refractivity contribution in [1.29, 1.82) is 0 Å². The third kappa shape index (κ3) is 16.9. The molecule has 0 radical (unpaired) electrons. The van der Waals surface area contributed by atoms with Crippen molar-refractivity contribution >= 4 is 47.1 Å². The molecule has 0 fully saturated rings. The molecule has 0 unspecified atom stereocenters.